The number of rotatable bonds is 3. The molecule has 3 unspecified atom stereocenters. The van der Waals surface area contributed by atoms with Gasteiger partial charge in [0.2, 0.25) is 0 Å². The van der Waals surface area contributed by atoms with Gasteiger partial charge < -0.3 is 9.88 Å². The SMILES string of the molecule is CC1CCCC(NCc2nccn2C)C1C. The maximum absolute atomic E-state index is 4.34. The summed E-state index contributed by atoms with van der Waals surface area (Å²) in [4.78, 5) is 4.34. The van der Waals surface area contributed by atoms with Crippen LogP contribution in [0.2, 0.25) is 0 Å². The van der Waals surface area contributed by atoms with Crippen molar-refractivity contribution in [3.63, 3.8) is 0 Å². The number of nitrogens with zero attached hydrogens (tertiary/aromatic N) is 2. The van der Waals surface area contributed by atoms with Gasteiger partial charge in [-0.2, -0.15) is 0 Å². The Balaban J connectivity index is 1.88. The average molecular weight is 221 g/mol. The number of aryl methyl sites for hydroxylation is 1. The third kappa shape index (κ3) is 2.46. The molecule has 1 aromatic heterocycles. The summed E-state index contributed by atoms with van der Waals surface area (Å²) in [6.07, 6.45) is 7.94. The molecule has 2 rings (SSSR count). The van der Waals surface area contributed by atoms with Gasteiger partial charge in [-0.1, -0.05) is 26.7 Å². The molecule has 16 heavy (non-hydrogen) atoms. The third-order valence-corrected chi connectivity index (χ3v) is 4.15. The molecule has 0 radical (unpaired) electrons. The molecule has 1 saturated carbocycles. The Labute approximate surface area is 98.3 Å². The van der Waals surface area contributed by atoms with Gasteiger partial charge in [-0.15, -0.1) is 0 Å². The van der Waals surface area contributed by atoms with Crippen LogP contribution in [0.15, 0.2) is 12.4 Å². The topological polar surface area (TPSA) is 29.9 Å². The van der Waals surface area contributed by atoms with Crippen LogP contribution in [0.3, 0.4) is 0 Å². The minimum absolute atomic E-state index is 0.667. The predicted molar refractivity (Wildman–Crippen MR) is 66.0 cm³/mol. The molecule has 3 heteroatoms. The van der Waals surface area contributed by atoms with Gasteiger partial charge in [0.15, 0.2) is 0 Å². The predicted octanol–water partition coefficient (Wildman–Crippen LogP) is 2.33. The minimum Gasteiger partial charge on any atom is -0.337 e. The van der Waals surface area contributed by atoms with Crippen molar-refractivity contribution < 1.29 is 0 Å². The summed E-state index contributed by atoms with van der Waals surface area (Å²) in [5.41, 5.74) is 0. The lowest BCUT2D eigenvalue weighted by atomic mass is 9.78. The smallest absolute Gasteiger partial charge is 0.122 e. The molecule has 0 saturated heterocycles. The highest BCUT2D eigenvalue weighted by atomic mass is 15.1. The molecule has 0 aliphatic heterocycles. The molecule has 0 bridgehead atoms. The van der Waals surface area contributed by atoms with E-state index in [1.165, 1.54) is 19.3 Å². The van der Waals surface area contributed by atoms with E-state index in [9.17, 15) is 0 Å². The highest BCUT2D eigenvalue weighted by molar-refractivity contribution is 4.92. The molecule has 0 amide bonds. The number of hydrogen-bond acceptors (Lipinski definition) is 2. The molecule has 3 nitrogen and oxygen atoms in total. The monoisotopic (exact) mass is 221 g/mol. The standard InChI is InChI=1S/C13H23N3/c1-10-5-4-6-12(11(10)2)15-9-13-14-7-8-16(13)3/h7-8,10-12,15H,4-6,9H2,1-3H3. The zero-order valence-electron chi connectivity index (χ0n) is 10.6. The van der Waals surface area contributed by atoms with Crippen molar-refractivity contribution in [2.75, 3.05) is 0 Å². The number of imidazole rings is 1. The molecule has 0 spiro atoms. The zero-order valence-corrected chi connectivity index (χ0v) is 10.6. The van der Waals surface area contributed by atoms with E-state index in [4.69, 9.17) is 0 Å². The van der Waals surface area contributed by atoms with Crippen LogP contribution in [0.5, 0.6) is 0 Å². The lowest BCUT2D eigenvalue weighted by molar-refractivity contribution is 0.204. The molecule has 1 fully saturated rings. The Bertz CT molecular complexity index is 332. The molecule has 3 atom stereocenters. The fraction of sp³-hybridized carbons (Fsp3) is 0.769. The lowest BCUT2D eigenvalue weighted by Crippen LogP contribution is -2.40. The summed E-state index contributed by atoms with van der Waals surface area (Å²) in [5, 5.41) is 3.66. The highest BCUT2D eigenvalue weighted by Crippen LogP contribution is 2.29. The second-order valence-electron chi connectivity index (χ2n) is 5.21. The van der Waals surface area contributed by atoms with Crippen molar-refractivity contribution in [2.24, 2.45) is 18.9 Å². The van der Waals surface area contributed by atoms with E-state index in [1.54, 1.807) is 0 Å². The zero-order chi connectivity index (χ0) is 11.5. The fourth-order valence-corrected chi connectivity index (χ4v) is 2.66. The summed E-state index contributed by atoms with van der Waals surface area (Å²) < 4.78 is 2.09. The van der Waals surface area contributed by atoms with Gasteiger partial charge in [0.1, 0.15) is 5.82 Å². The van der Waals surface area contributed by atoms with Gasteiger partial charge in [-0.05, 0) is 18.3 Å². The van der Waals surface area contributed by atoms with Crippen molar-refractivity contribution in [1.82, 2.24) is 14.9 Å². The van der Waals surface area contributed by atoms with Crippen molar-refractivity contribution in [1.29, 1.82) is 0 Å². The van der Waals surface area contributed by atoms with Crippen molar-refractivity contribution in [3.05, 3.63) is 18.2 Å². The van der Waals surface area contributed by atoms with Crippen LogP contribution in [0.1, 0.15) is 38.9 Å². The molecule has 1 aromatic rings. The quantitative estimate of drug-likeness (QED) is 0.849. The summed E-state index contributed by atoms with van der Waals surface area (Å²) in [6, 6.07) is 0.667. The van der Waals surface area contributed by atoms with E-state index in [0.717, 1.165) is 24.2 Å². The van der Waals surface area contributed by atoms with Gasteiger partial charge in [0.25, 0.3) is 0 Å². The first-order chi connectivity index (χ1) is 7.68. The molecule has 0 aromatic carbocycles. The van der Waals surface area contributed by atoms with Crippen molar-refractivity contribution in [2.45, 2.75) is 45.7 Å². The first kappa shape index (κ1) is 11.6. The lowest BCUT2D eigenvalue weighted by Gasteiger charge is -2.34. The van der Waals surface area contributed by atoms with E-state index in [-0.39, 0.29) is 0 Å². The first-order valence-corrected chi connectivity index (χ1v) is 6.38. The maximum atomic E-state index is 4.34. The van der Waals surface area contributed by atoms with E-state index in [2.05, 4.69) is 35.8 Å². The van der Waals surface area contributed by atoms with E-state index in [0.29, 0.717) is 6.04 Å². The van der Waals surface area contributed by atoms with Crippen molar-refractivity contribution in [3.8, 4) is 0 Å². The van der Waals surface area contributed by atoms with Gasteiger partial charge in [0.05, 0.1) is 6.54 Å². The van der Waals surface area contributed by atoms with Crippen LogP contribution in [-0.2, 0) is 13.6 Å². The van der Waals surface area contributed by atoms with Crippen molar-refractivity contribution >= 4 is 0 Å². The first-order valence-electron chi connectivity index (χ1n) is 6.38. The average Bonchev–Trinajstić information content (AvgIpc) is 2.67. The largest absolute Gasteiger partial charge is 0.337 e. The summed E-state index contributed by atoms with van der Waals surface area (Å²) in [7, 11) is 2.05. The number of hydrogen-bond donors (Lipinski definition) is 1. The molecular formula is C13H23N3. The molecule has 1 aliphatic carbocycles. The summed E-state index contributed by atoms with van der Waals surface area (Å²) in [5.74, 6) is 2.77. The van der Waals surface area contributed by atoms with Crippen LogP contribution in [0.4, 0.5) is 0 Å². The number of aromatic nitrogens is 2. The van der Waals surface area contributed by atoms with Gasteiger partial charge in [-0.3, -0.25) is 0 Å². The van der Waals surface area contributed by atoms with E-state index < -0.39 is 0 Å². The van der Waals surface area contributed by atoms with E-state index >= 15 is 0 Å². The second-order valence-corrected chi connectivity index (χ2v) is 5.21. The maximum Gasteiger partial charge on any atom is 0.122 e. The van der Waals surface area contributed by atoms with Crippen LogP contribution in [0.25, 0.3) is 0 Å². The fourth-order valence-electron chi connectivity index (χ4n) is 2.66. The summed E-state index contributed by atoms with van der Waals surface area (Å²) >= 11 is 0. The number of nitrogens with one attached hydrogen (secondary N) is 1. The van der Waals surface area contributed by atoms with E-state index in [1.807, 2.05) is 12.4 Å². The van der Waals surface area contributed by atoms with Gasteiger partial charge in [0, 0.05) is 25.5 Å². The minimum atomic E-state index is 0.667. The normalized spacial score (nSPS) is 30.6. The Morgan fingerprint density at radius 3 is 2.94 bits per heavy atom. The van der Waals surface area contributed by atoms with Gasteiger partial charge >= 0.3 is 0 Å². The Morgan fingerprint density at radius 1 is 1.44 bits per heavy atom. The molecule has 90 valence electrons. The summed E-state index contributed by atoms with van der Waals surface area (Å²) in [6.45, 7) is 5.64. The van der Waals surface area contributed by atoms with Gasteiger partial charge in [-0.25, -0.2) is 4.98 Å². The molecule has 1 heterocycles. The molecule has 1 N–H and O–H groups in total. The Kier molecular flexibility index (Phi) is 3.64. The molecule has 1 aliphatic rings. The van der Waals surface area contributed by atoms with Crippen LogP contribution >= 0.6 is 0 Å². The van der Waals surface area contributed by atoms with Crippen LogP contribution in [0, 0.1) is 11.8 Å². The molecular weight excluding hydrogens is 198 g/mol. The van der Waals surface area contributed by atoms with Crippen LogP contribution in [-0.4, -0.2) is 15.6 Å². The Morgan fingerprint density at radius 2 is 2.25 bits per heavy atom. The second kappa shape index (κ2) is 5.00. The van der Waals surface area contributed by atoms with Crippen LogP contribution < -0.4 is 5.32 Å². The third-order valence-electron chi connectivity index (χ3n) is 4.15. The Hall–Kier alpha value is -0.830. The highest BCUT2D eigenvalue weighted by Gasteiger charge is 2.26.